The number of rotatable bonds is 28. The minimum Gasteiger partial charge on any atom is -0.374 e. The highest BCUT2D eigenvalue weighted by Gasteiger charge is 2.49. The molecule has 0 radical (unpaired) electrons. The predicted molar refractivity (Wildman–Crippen MR) is 263 cm³/mol. The Kier molecular flexibility index (Phi) is 20.7. The van der Waals surface area contributed by atoms with Gasteiger partial charge >= 0.3 is 0 Å². The van der Waals surface area contributed by atoms with Gasteiger partial charge in [0.2, 0.25) is 5.91 Å². The molecule has 1 fully saturated rings. The number of nitrogens with one attached hydrogen (secondary N) is 1. The summed E-state index contributed by atoms with van der Waals surface area (Å²) in [7, 11) is 0. The molecule has 0 spiro atoms. The van der Waals surface area contributed by atoms with Gasteiger partial charge < -0.3 is 48.0 Å². The second-order valence-electron chi connectivity index (χ2n) is 17.3. The number of hydrogen-bond acceptors (Lipinski definition) is 10. The molecule has 1 N–H and O–H groups in total. The Bertz CT molecular complexity index is 2340. The molecule has 1 aliphatic heterocycles. The van der Waals surface area contributed by atoms with Gasteiger partial charge in [-0.15, -0.1) is 0 Å². The van der Waals surface area contributed by atoms with Crippen LogP contribution in [0.3, 0.4) is 0 Å². The highest BCUT2D eigenvalue weighted by Crippen LogP contribution is 2.32. The molecular formula is C58H65NO10. The molecule has 7 rings (SSSR count). The number of benzene rings is 6. The number of ether oxygens (including phenoxy) is 8. The summed E-state index contributed by atoms with van der Waals surface area (Å²) in [4.78, 5) is 25.9. The van der Waals surface area contributed by atoms with E-state index in [-0.39, 0.29) is 64.2 Å². The third-order valence-corrected chi connectivity index (χ3v) is 11.8. The summed E-state index contributed by atoms with van der Waals surface area (Å²) >= 11 is 0. The monoisotopic (exact) mass is 935 g/mol. The average Bonchev–Trinajstić information content (AvgIpc) is 3.39. The molecule has 0 aromatic heterocycles. The molecule has 69 heavy (non-hydrogen) atoms. The molecule has 1 saturated heterocycles. The van der Waals surface area contributed by atoms with Gasteiger partial charge in [-0.05, 0) is 47.2 Å². The van der Waals surface area contributed by atoms with Gasteiger partial charge in [0.05, 0.1) is 65.0 Å². The van der Waals surface area contributed by atoms with Crippen LogP contribution in [0.2, 0.25) is 0 Å². The van der Waals surface area contributed by atoms with Gasteiger partial charge in [0.1, 0.15) is 36.3 Å². The van der Waals surface area contributed by atoms with E-state index >= 15 is 0 Å². The third kappa shape index (κ3) is 17.0. The van der Waals surface area contributed by atoms with E-state index in [4.69, 9.17) is 37.9 Å². The first-order chi connectivity index (χ1) is 33.9. The maximum atomic E-state index is 13.8. The highest BCUT2D eigenvalue weighted by atomic mass is 16.7. The molecule has 3 unspecified atom stereocenters. The molecule has 8 atom stereocenters. The maximum absolute atomic E-state index is 13.8. The summed E-state index contributed by atoms with van der Waals surface area (Å²) in [6, 6.07) is 58.7. The number of carbonyl (C=O) groups is 2. The first-order valence-corrected chi connectivity index (χ1v) is 23.8. The molecule has 6 aromatic rings. The van der Waals surface area contributed by atoms with Crippen molar-refractivity contribution in [3.63, 3.8) is 0 Å². The topological polar surface area (TPSA) is 120 Å². The van der Waals surface area contributed by atoms with Crippen molar-refractivity contribution in [1.29, 1.82) is 0 Å². The average molecular weight is 936 g/mol. The van der Waals surface area contributed by atoms with E-state index < -0.39 is 49.0 Å². The Morgan fingerprint density at radius 1 is 0.493 bits per heavy atom. The van der Waals surface area contributed by atoms with Crippen LogP contribution in [0.15, 0.2) is 182 Å². The van der Waals surface area contributed by atoms with E-state index in [2.05, 4.69) is 5.32 Å². The van der Waals surface area contributed by atoms with Crippen LogP contribution in [0.5, 0.6) is 0 Å². The van der Waals surface area contributed by atoms with Crippen LogP contribution in [0, 0.1) is 0 Å². The Balaban J connectivity index is 1.23. The van der Waals surface area contributed by atoms with Crippen molar-refractivity contribution in [1.82, 2.24) is 5.32 Å². The lowest BCUT2D eigenvalue weighted by molar-refractivity contribution is -0.330. The lowest BCUT2D eigenvalue weighted by Crippen LogP contribution is -2.62. The zero-order chi connectivity index (χ0) is 47.9. The van der Waals surface area contributed by atoms with Crippen molar-refractivity contribution in [2.45, 2.75) is 115 Å². The SMILES string of the molecule is CC(=O)CCC(=O)N[C@@H](CO[C@H]1OC(COCc2ccccc2)[C@H](OCc2ccccc2)C(OCc2ccccc2)C1OCc1ccccc1)[C@H](OCc1ccccc1)[C@@H](C)OCc1ccccc1. The molecule has 11 heteroatoms. The van der Waals surface area contributed by atoms with Crippen LogP contribution >= 0.6 is 0 Å². The lowest BCUT2D eigenvalue weighted by Gasteiger charge is -2.46. The molecule has 11 nitrogen and oxygen atoms in total. The van der Waals surface area contributed by atoms with E-state index in [1.165, 1.54) is 6.92 Å². The van der Waals surface area contributed by atoms with Gasteiger partial charge in [-0.3, -0.25) is 4.79 Å². The molecule has 1 amide bonds. The largest absolute Gasteiger partial charge is 0.374 e. The van der Waals surface area contributed by atoms with Crippen molar-refractivity contribution in [2.24, 2.45) is 0 Å². The summed E-state index contributed by atoms with van der Waals surface area (Å²) in [5.41, 5.74) is 5.85. The van der Waals surface area contributed by atoms with Gasteiger partial charge in [0, 0.05) is 12.8 Å². The van der Waals surface area contributed by atoms with Crippen LogP contribution in [0.4, 0.5) is 0 Å². The van der Waals surface area contributed by atoms with Crippen molar-refractivity contribution in [3.05, 3.63) is 215 Å². The number of ketones is 1. The van der Waals surface area contributed by atoms with Crippen LogP contribution in [-0.4, -0.2) is 73.9 Å². The lowest BCUT2D eigenvalue weighted by atomic mass is 9.97. The fourth-order valence-corrected chi connectivity index (χ4v) is 8.11. The van der Waals surface area contributed by atoms with Crippen LogP contribution in [-0.2, 0) is 87.1 Å². The van der Waals surface area contributed by atoms with Crippen LogP contribution < -0.4 is 5.32 Å². The third-order valence-electron chi connectivity index (χ3n) is 11.8. The maximum Gasteiger partial charge on any atom is 0.220 e. The van der Waals surface area contributed by atoms with Crippen molar-refractivity contribution in [2.75, 3.05) is 13.2 Å². The Hall–Kier alpha value is -5.86. The molecule has 1 aliphatic rings. The molecular weight excluding hydrogens is 871 g/mol. The fraction of sp³-hybridized carbons (Fsp3) is 0.345. The molecule has 0 saturated carbocycles. The Labute approximate surface area is 407 Å². The second kappa shape index (κ2) is 28.0. The minimum absolute atomic E-state index is 0.00407. The van der Waals surface area contributed by atoms with Gasteiger partial charge in [-0.25, -0.2) is 0 Å². The van der Waals surface area contributed by atoms with Crippen molar-refractivity contribution < 1.29 is 47.5 Å². The van der Waals surface area contributed by atoms with Crippen molar-refractivity contribution in [3.8, 4) is 0 Å². The number of carbonyl (C=O) groups excluding carboxylic acids is 2. The Morgan fingerprint density at radius 3 is 1.36 bits per heavy atom. The smallest absolute Gasteiger partial charge is 0.220 e. The van der Waals surface area contributed by atoms with E-state index in [1.54, 1.807) is 0 Å². The first kappa shape index (κ1) is 51.0. The number of amides is 1. The highest BCUT2D eigenvalue weighted by molar-refractivity contribution is 5.83. The first-order valence-electron chi connectivity index (χ1n) is 23.8. The molecule has 1 heterocycles. The van der Waals surface area contributed by atoms with Crippen LogP contribution in [0.1, 0.15) is 60.1 Å². The van der Waals surface area contributed by atoms with Crippen LogP contribution in [0.25, 0.3) is 0 Å². The van der Waals surface area contributed by atoms with Gasteiger partial charge in [-0.1, -0.05) is 182 Å². The predicted octanol–water partition coefficient (Wildman–Crippen LogP) is 9.75. The van der Waals surface area contributed by atoms with Gasteiger partial charge in [0.25, 0.3) is 0 Å². The summed E-state index contributed by atoms with van der Waals surface area (Å²) in [6.07, 6.45) is -5.18. The summed E-state index contributed by atoms with van der Waals surface area (Å²) in [5.74, 6) is -0.413. The van der Waals surface area contributed by atoms with E-state index in [0.29, 0.717) is 13.2 Å². The zero-order valence-corrected chi connectivity index (χ0v) is 39.6. The van der Waals surface area contributed by atoms with E-state index in [0.717, 1.165) is 33.4 Å². The summed E-state index contributed by atoms with van der Waals surface area (Å²) in [6.45, 7) is 5.12. The van der Waals surface area contributed by atoms with Crippen molar-refractivity contribution >= 4 is 11.7 Å². The fourth-order valence-electron chi connectivity index (χ4n) is 8.11. The van der Waals surface area contributed by atoms with Gasteiger partial charge in [0.15, 0.2) is 6.29 Å². The normalized spacial score (nSPS) is 19.3. The number of Topliss-reactive ketones (excluding diaryl/α,β-unsaturated/α-hetero) is 1. The minimum atomic E-state index is -1.05. The quantitative estimate of drug-likeness (QED) is 0.0510. The van der Waals surface area contributed by atoms with Gasteiger partial charge in [-0.2, -0.15) is 0 Å². The molecule has 362 valence electrons. The zero-order valence-electron chi connectivity index (χ0n) is 39.6. The standard InChI is InChI=1S/C58H65NO10/c1-43(60)33-34-53(61)59-51(54(64-37-47-25-13-5-14-26-47)44(2)63-36-46-23-11-4-12-24-46)41-68-58-57(67-40-50-31-19-8-20-32-50)56(66-39-49-29-17-7-18-30-49)55(65-38-48-27-15-6-16-28-48)52(69-58)42-62-35-45-21-9-3-10-22-45/h3-32,44,51-52,54-58H,33-42H2,1-2H3,(H,59,61)/t44-,51+,52?,54-,55+,56?,57?,58+/m1/s1. The summed E-state index contributed by atoms with van der Waals surface area (Å²) < 4.78 is 54.3. The summed E-state index contributed by atoms with van der Waals surface area (Å²) in [5, 5.41) is 3.17. The second-order valence-corrected chi connectivity index (χ2v) is 17.3. The molecule has 6 aromatic carbocycles. The number of hydrogen-bond donors (Lipinski definition) is 1. The molecule has 0 aliphatic carbocycles. The Morgan fingerprint density at radius 2 is 0.899 bits per heavy atom. The molecule has 0 bridgehead atoms. The van der Waals surface area contributed by atoms with E-state index in [1.807, 2.05) is 189 Å². The van der Waals surface area contributed by atoms with E-state index in [9.17, 15) is 9.59 Å².